The minimum Gasteiger partial charge on any atom is -0.497 e. The van der Waals surface area contributed by atoms with Crippen LogP contribution in [0.25, 0.3) is 18.2 Å². The number of hydrogen-bond donors (Lipinski definition) is 0. The van der Waals surface area contributed by atoms with Gasteiger partial charge in [-0.2, -0.15) is 0 Å². The summed E-state index contributed by atoms with van der Waals surface area (Å²) in [4.78, 5) is 12.2. The van der Waals surface area contributed by atoms with E-state index in [0.29, 0.717) is 5.56 Å². The molecule has 0 aliphatic heterocycles. The highest BCUT2D eigenvalue weighted by molar-refractivity contribution is 6.06. The first-order chi connectivity index (χ1) is 13.1. The van der Waals surface area contributed by atoms with E-state index in [1.165, 1.54) is 12.1 Å². The van der Waals surface area contributed by atoms with Gasteiger partial charge in [0.05, 0.1) is 7.11 Å². The molecule has 0 amide bonds. The maximum absolute atomic E-state index is 12.9. The number of allylic oxidation sites excluding steroid dienone is 1. The summed E-state index contributed by atoms with van der Waals surface area (Å²) in [7, 11) is 1.59. The Balaban J connectivity index is 1.63. The van der Waals surface area contributed by atoms with Crippen LogP contribution in [0.4, 0.5) is 4.39 Å². The van der Waals surface area contributed by atoms with Crippen molar-refractivity contribution in [3.05, 3.63) is 107 Å². The molecular formula is C24H19FO2. The molecule has 0 saturated heterocycles. The number of carbonyl (C=O) groups is 1. The summed E-state index contributed by atoms with van der Waals surface area (Å²) in [6, 6.07) is 21.2. The van der Waals surface area contributed by atoms with Crippen molar-refractivity contribution in [3.8, 4) is 5.75 Å². The first-order valence-corrected chi connectivity index (χ1v) is 8.54. The Morgan fingerprint density at radius 2 is 1.22 bits per heavy atom. The molecule has 0 heterocycles. The second kappa shape index (κ2) is 8.77. The summed E-state index contributed by atoms with van der Waals surface area (Å²) in [6.45, 7) is 0. The SMILES string of the molecule is COc1ccc(C(=O)/C=C/c2ccc(/C=C/c3ccc(F)cc3)cc2)cc1. The lowest BCUT2D eigenvalue weighted by Crippen LogP contribution is -1.94. The Hall–Kier alpha value is -3.46. The van der Waals surface area contributed by atoms with E-state index < -0.39 is 0 Å². The number of rotatable bonds is 6. The maximum Gasteiger partial charge on any atom is 0.185 e. The van der Waals surface area contributed by atoms with Crippen LogP contribution in [-0.4, -0.2) is 12.9 Å². The van der Waals surface area contributed by atoms with Gasteiger partial charge in [-0.15, -0.1) is 0 Å². The molecule has 0 atom stereocenters. The normalized spacial score (nSPS) is 11.2. The predicted molar refractivity (Wildman–Crippen MR) is 108 cm³/mol. The van der Waals surface area contributed by atoms with Crippen molar-refractivity contribution in [2.45, 2.75) is 0 Å². The van der Waals surface area contributed by atoms with Gasteiger partial charge in [-0.25, -0.2) is 4.39 Å². The molecule has 0 aliphatic carbocycles. The number of methoxy groups -OCH3 is 1. The zero-order valence-corrected chi connectivity index (χ0v) is 14.9. The summed E-state index contributed by atoms with van der Waals surface area (Å²) in [5.74, 6) is 0.422. The molecule has 3 aromatic rings. The third-order valence-corrected chi connectivity index (χ3v) is 4.08. The molecule has 0 aliphatic rings. The molecule has 0 unspecified atom stereocenters. The van der Waals surface area contributed by atoms with E-state index in [1.54, 1.807) is 55.7 Å². The monoisotopic (exact) mass is 358 g/mol. The number of ether oxygens (including phenoxy) is 1. The molecule has 0 fully saturated rings. The van der Waals surface area contributed by atoms with Gasteiger partial charge in [-0.3, -0.25) is 4.79 Å². The lowest BCUT2D eigenvalue weighted by molar-refractivity contribution is 0.104. The first kappa shape index (κ1) is 18.3. The number of halogens is 1. The second-order valence-electron chi connectivity index (χ2n) is 5.98. The highest BCUT2D eigenvalue weighted by Gasteiger charge is 2.01. The van der Waals surface area contributed by atoms with Crippen LogP contribution in [0.3, 0.4) is 0 Å². The minimum atomic E-state index is -0.243. The van der Waals surface area contributed by atoms with E-state index >= 15 is 0 Å². The van der Waals surface area contributed by atoms with Crippen LogP contribution < -0.4 is 4.74 Å². The van der Waals surface area contributed by atoms with Crippen molar-refractivity contribution in [1.82, 2.24) is 0 Å². The smallest absolute Gasteiger partial charge is 0.185 e. The molecule has 0 saturated carbocycles. The van der Waals surface area contributed by atoms with E-state index in [2.05, 4.69) is 0 Å². The predicted octanol–water partition coefficient (Wildman–Crippen LogP) is 5.90. The molecular weight excluding hydrogens is 339 g/mol. The molecule has 3 aromatic carbocycles. The van der Waals surface area contributed by atoms with Crippen LogP contribution in [0, 0.1) is 5.82 Å². The lowest BCUT2D eigenvalue weighted by Gasteiger charge is -2.00. The molecule has 0 radical (unpaired) electrons. The molecule has 3 rings (SSSR count). The third kappa shape index (κ3) is 5.25. The summed E-state index contributed by atoms with van der Waals surface area (Å²) in [6.07, 6.45) is 7.24. The fraction of sp³-hybridized carbons (Fsp3) is 0.0417. The largest absolute Gasteiger partial charge is 0.497 e. The van der Waals surface area contributed by atoms with Crippen molar-refractivity contribution in [1.29, 1.82) is 0 Å². The first-order valence-electron chi connectivity index (χ1n) is 8.54. The zero-order chi connectivity index (χ0) is 19.1. The number of carbonyl (C=O) groups excluding carboxylic acids is 1. The minimum absolute atomic E-state index is 0.0575. The van der Waals surface area contributed by atoms with Crippen molar-refractivity contribution in [2.75, 3.05) is 7.11 Å². The molecule has 0 N–H and O–H groups in total. The standard InChI is InChI=1S/C24H19FO2/c1-27-23-15-11-21(12-16-23)24(26)17-10-19-5-2-18(3-6-19)4-7-20-8-13-22(25)14-9-20/h2-17H,1H3/b7-4+,17-10+. The Kier molecular flexibility index (Phi) is 5.95. The van der Waals surface area contributed by atoms with Gasteiger partial charge in [0, 0.05) is 5.56 Å². The van der Waals surface area contributed by atoms with Crippen molar-refractivity contribution in [2.24, 2.45) is 0 Å². The lowest BCUT2D eigenvalue weighted by atomic mass is 10.1. The molecule has 0 spiro atoms. The van der Waals surface area contributed by atoms with Gasteiger partial charge in [-0.1, -0.05) is 54.6 Å². The third-order valence-electron chi connectivity index (χ3n) is 4.08. The van der Waals surface area contributed by atoms with Gasteiger partial charge in [0.25, 0.3) is 0 Å². The maximum atomic E-state index is 12.9. The van der Waals surface area contributed by atoms with E-state index in [1.807, 2.05) is 36.4 Å². The molecule has 134 valence electrons. The van der Waals surface area contributed by atoms with Crippen LogP contribution in [0.5, 0.6) is 5.75 Å². The fourth-order valence-electron chi connectivity index (χ4n) is 2.51. The number of hydrogen-bond acceptors (Lipinski definition) is 2. The van der Waals surface area contributed by atoms with E-state index in [9.17, 15) is 9.18 Å². The van der Waals surface area contributed by atoms with Crippen LogP contribution in [0.2, 0.25) is 0 Å². The number of ketones is 1. The zero-order valence-electron chi connectivity index (χ0n) is 14.9. The van der Waals surface area contributed by atoms with Crippen LogP contribution >= 0.6 is 0 Å². The van der Waals surface area contributed by atoms with Crippen molar-refractivity contribution >= 4 is 24.0 Å². The van der Waals surface area contributed by atoms with E-state index in [4.69, 9.17) is 4.74 Å². The summed E-state index contributed by atoms with van der Waals surface area (Å²) < 4.78 is 18.0. The molecule has 3 heteroatoms. The fourth-order valence-corrected chi connectivity index (χ4v) is 2.51. The summed E-state index contributed by atoms with van der Waals surface area (Å²) >= 11 is 0. The average molecular weight is 358 g/mol. The van der Waals surface area contributed by atoms with Gasteiger partial charge < -0.3 is 4.74 Å². The van der Waals surface area contributed by atoms with Gasteiger partial charge in [0.15, 0.2) is 5.78 Å². The highest BCUT2D eigenvalue weighted by atomic mass is 19.1. The highest BCUT2D eigenvalue weighted by Crippen LogP contribution is 2.14. The van der Waals surface area contributed by atoms with Gasteiger partial charge >= 0.3 is 0 Å². The van der Waals surface area contributed by atoms with Gasteiger partial charge in [0.1, 0.15) is 11.6 Å². The summed E-state index contributed by atoms with van der Waals surface area (Å²) in [5.41, 5.74) is 3.52. The molecule has 2 nitrogen and oxygen atoms in total. The Bertz CT molecular complexity index is 951. The molecule has 27 heavy (non-hydrogen) atoms. The van der Waals surface area contributed by atoms with E-state index in [0.717, 1.165) is 22.4 Å². The Morgan fingerprint density at radius 3 is 1.74 bits per heavy atom. The Labute approximate surface area is 158 Å². The second-order valence-corrected chi connectivity index (χ2v) is 5.98. The van der Waals surface area contributed by atoms with Gasteiger partial charge in [0.2, 0.25) is 0 Å². The molecule has 0 bridgehead atoms. The topological polar surface area (TPSA) is 26.3 Å². The number of benzene rings is 3. The van der Waals surface area contributed by atoms with Gasteiger partial charge in [-0.05, 0) is 59.2 Å². The van der Waals surface area contributed by atoms with Crippen LogP contribution in [-0.2, 0) is 0 Å². The van der Waals surface area contributed by atoms with Crippen LogP contribution in [0.1, 0.15) is 27.0 Å². The van der Waals surface area contributed by atoms with Crippen molar-refractivity contribution < 1.29 is 13.9 Å². The Morgan fingerprint density at radius 1 is 0.741 bits per heavy atom. The van der Waals surface area contributed by atoms with Crippen molar-refractivity contribution in [3.63, 3.8) is 0 Å². The quantitative estimate of drug-likeness (QED) is 0.311. The average Bonchev–Trinajstić information content (AvgIpc) is 2.72. The summed E-state index contributed by atoms with van der Waals surface area (Å²) in [5, 5.41) is 0. The van der Waals surface area contributed by atoms with E-state index in [-0.39, 0.29) is 11.6 Å². The van der Waals surface area contributed by atoms with Crippen LogP contribution in [0.15, 0.2) is 78.9 Å². The molecule has 0 aromatic heterocycles.